The summed E-state index contributed by atoms with van der Waals surface area (Å²) in [6, 6.07) is 11.9. The van der Waals surface area contributed by atoms with Crippen molar-refractivity contribution in [3.05, 3.63) is 35.9 Å². The molecule has 2 nitrogen and oxygen atoms in total. The van der Waals surface area contributed by atoms with Crippen molar-refractivity contribution in [3.8, 4) is 0 Å². The normalized spacial score (nSPS) is 26.9. The van der Waals surface area contributed by atoms with Crippen LogP contribution in [0.4, 0.5) is 0 Å². The Bertz CT molecular complexity index is 376. The molecule has 1 aromatic rings. The molecule has 2 rings (SSSR count). The van der Waals surface area contributed by atoms with E-state index in [9.17, 15) is 0 Å². The van der Waals surface area contributed by atoms with Crippen molar-refractivity contribution in [2.75, 3.05) is 13.1 Å². The summed E-state index contributed by atoms with van der Waals surface area (Å²) < 4.78 is 0. The van der Waals surface area contributed by atoms with E-state index in [1.807, 2.05) is 0 Å². The molecule has 3 unspecified atom stereocenters. The monoisotopic (exact) mass is 274 g/mol. The molecule has 1 fully saturated rings. The second-order valence-corrected chi connectivity index (χ2v) is 6.13. The zero-order valence-corrected chi connectivity index (χ0v) is 13.1. The highest BCUT2D eigenvalue weighted by atomic mass is 15.2. The minimum Gasteiger partial charge on any atom is -0.326 e. The summed E-state index contributed by atoms with van der Waals surface area (Å²) >= 11 is 0. The number of hydrogen-bond donors (Lipinski definition) is 1. The van der Waals surface area contributed by atoms with E-state index in [0.717, 1.165) is 13.0 Å². The van der Waals surface area contributed by atoms with Crippen LogP contribution in [-0.4, -0.2) is 30.1 Å². The van der Waals surface area contributed by atoms with Gasteiger partial charge in [-0.1, -0.05) is 50.6 Å². The molecule has 0 aliphatic heterocycles. The van der Waals surface area contributed by atoms with Crippen LogP contribution in [0.25, 0.3) is 0 Å². The molecule has 0 bridgehead atoms. The van der Waals surface area contributed by atoms with Gasteiger partial charge in [0, 0.05) is 12.1 Å². The molecule has 20 heavy (non-hydrogen) atoms. The average molecular weight is 274 g/mol. The fraction of sp³-hybridized carbons (Fsp3) is 0.667. The minimum atomic E-state index is 0.353. The first-order valence-electron chi connectivity index (χ1n) is 8.30. The maximum Gasteiger partial charge on any atom is 0.0252 e. The van der Waals surface area contributed by atoms with Crippen LogP contribution >= 0.6 is 0 Å². The molecule has 3 atom stereocenters. The van der Waals surface area contributed by atoms with Crippen molar-refractivity contribution >= 4 is 0 Å². The number of benzene rings is 1. The smallest absolute Gasteiger partial charge is 0.0252 e. The van der Waals surface area contributed by atoms with Crippen molar-refractivity contribution in [2.24, 2.45) is 5.73 Å². The predicted octanol–water partition coefficient (Wildman–Crippen LogP) is 3.77. The summed E-state index contributed by atoms with van der Waals surface area (Å²) in [5, 5.41) is 0. The third kappa shape index (κ3) is 3.83. The van der Waals surface area contributed by atoms with Gasteiger partial charge in [0.15, 0.2) is 0 Å². The highest BCUT2D eigenvalue weighted by Gasteiger charge is 2.32. The summed E-state index contributed by atoms with van der Waals surface area (Å²) in [6.07, 6.45) is 6.18. The van der Waals surface area contributed by atoms with Gasteiger partial charge in [0.05, 0.1) is 0 Å². The highest BCUT2D eigenvalue weighted by molar-refractivity contribution is 5.21. The SMILES string of the molecule is CCCCN(CC)C1CC(c2ccccc2)CCC1N. The summed E-state index contributed by atoms with van der Waals surface area (Å²) in [6.45, 7) is 6.86. The Balaban J connectivity index is 2.03. The van der Waals surface area contributed by atoms with Gasteiger partial charge in [-0.15, -0.1) is 0 Å². The zero-order chi connectivity index (χ0) is 14.4. The van der Waals surface area contributed by atoms with Crippen molar-refractivity contribution < 1.29 is 0 Å². The number of likely N-dealkylation sites (N-methyl/N-ethyl adjacent to an activating group) is 1. The Morgan fingerprint density at radius 3 is 2.55 bits per heavy atom. The lowest BCUT2D eigenvalue weighted by molar-refractivity contribution is 0.132. The molecule has 0 heterocycles. The Labute approximate surface area is 124 Å². The molecule has 2 N–H and O–H groups in total. The van der Waals surface area contributed by atoms with E-state index in [1.165, 1.54) is 37.8 Å². The lowest BCUT2D eigenvalue weighted by atomic mass is 9.78. The fourth-order valence-electron chi connectivity index (χ4n) is 3.54. The maximum absolute atomic E-state index is 6.43. The number of nitrogens with zero attached hydrogens (tertiary/aromatic N) is 1. The van der Waals surface area contributed by atoms with Gasteiger partial charge in [-0.05, 0) is 50.3 Å². The zero-order valence-electron chi connectivity index (χ0n) is 13.1. The Hall–Kier alpha value is -0.860. The molecule has 0 spiro atoms. The van der Waals surface area contributed by atoms with Gasteiger partial charge in [-0.2, -0.15) is 0 Å². The summed E-state index contributed by atoms with van der Waals surface area (Å²) in [5.41, 5.74) is 7.92. The van der Waals surface area contributed by atoms with Crippen LogP contribution in [0, 0.1) is 0 Å². The van der Waals surface area contributed by atoms with Crippen LogP contribution in [-0.2, 0) is 0 Å². The van der Waals surface area contributed by atoms with E-state index < -0.39 is 0 Å². The van der Waals surface area contributed by atoms with Gasteiger partial charge in [0.2, 0.25) is 0 Å². The average Bonchev–Trinajstić information content (AvgIpc) is 2.50. The van der Waals surface area contributed by atoms with Crippen molar-refractivity contribution in [1.29, 1.82) is 0 Å². The molecular formula is C18H30N2. The highest BCUT2D eigenvalue weighted by Crippen LogP contribution is 2.34. The first-order chi connectivity index (χ1) is 9.76. The molecule has 1 aliphatic carbocycles. The molecule has 0 amide bonds. The lowest BCUT2D eigenvalue weighted by Crippen LogP contribution is -2.51. The Kier molecular flexibility index (Phi) is 6.06. The molecular weight excluding hydrogens is 244 g/mol. The first kappa shape index (κ1) is 15.5. The van der Waals surface area contributed by atoms with E-state index in [-0.39, 0.29) is 0 Å². The second-order valence-electron chi connectivity index (χ2n) is 6.13. The van der Waals surface area contributed by atoms with Crippen LogP contribution in [0.15, 0.2) is 30.3 Å². The van der Waals surface area contributed by atoms with Gasteiger partial charge in [-0.3, -0.25) is 4.90 Å². The molecule has 112 valence electrons. The van der Waals surface area contributed by atoms with Crippen LogP contribution < -0.4 is 5.73 Å². The molecule has 0 radical (unpaired) electrons. The minimum absolute atomic E-state index is 0.353. The lowest BCUT2D eigenvalue weighted by Gasteiger charge is -2.41. The van der Waals surface area contributed by atoms with Crippen LogP contribution in [0.1, 0.15) is 57.4 Å². The molecule has 1 saturated carbocycles. The van der Waals surface area contributed by atoms with Gasteiger partial charge in [0.1, 0.15) is 0 Å². The summed E-state index contributed by atoms with van der Waals surface area (Å²) in [4.78, 5) is 2.61. The fourth-order valence-corrected chi connectivity index (χ4v) is 3.54. The van der Waals surface area contributed by atoms with Gasteiger partial charge < -0.3 is 5.73 Å². The van der Waals surface area contributed by atoms with E-state index in [0.29, 0.717) is 18.0 Å². The number of unbranched alkanes of at least 4 members (excludes halogenated alkanes) is 1. The van der Waals surface area contributed by atoms with E-state index in [4.69, 9.17) is 5.73 Å². The quantitative estimate of drug-likeness (QED) is 0.855. The molecule has 0 aromatic heterocycles. The third-order valence-electron chi connectivity index (χ3n) is 4.81. The van der Waals surface area contributed by atoms with Gasteiger partial charge in [0.25, 0.3) is 0 Å². The number of nitrogens with two attached hydrogens (primary N) is 1. The number of rotatable bonds is 6. The maximum atomic E-state index is 6.43. The topological polar surface area (TPSA) is 29.3 Å². The second kappa shape index (κ2) is 7.80. The van der Waals surface area contributed by atoms with Crippen molar-refractivity contribution in [3.63, 3.8) is 0 Å². The third-order valence-corrected chi connectivity index (χ3v) is 4.81. The number of hydrogen-bond acceptors (Lipinski definition) is 2. The van der Waals surface area contributed by atoms with Crippen LogP contribution in [0.2, 0.25) is 0 Å². The van der Waals surface area contributed by atoms with Crippen LogP contribution in [0.3, 0.4) is 0 Å². The predicted molar refractivity (Wildman–Crippen MR) is 87.0 cm³/mol. The van der Waals surface area contributed by atoms with Crippen molar-refractivity contribution in [1.82, 2.24) is 4.90 Å². The molecule has 1 aromatic carbocycles. The first-order valence-corrected chi connectivity index (χ1v) is 8.30. The Morgan fingerprint density at radius 2 is 1.90 bits per heavy atom. The van der Waals surface area contributed by atoms with E-state index in [2.05, 4.69) is 49.1 Å². The summed E-state index contributed by atoms with van der Waals surface area (Å²) in [5.74, 6) is 0.691. The van der Waals surface area contributed by atoms with E-state index >= 15 is 0 Å². The standard InChI is InChI=1S/C18H30N2/c1-3-5-13-20(4-2)18-14-16(11-12-17(18)19)15-9-7-6-8-10-15/h6-10,16-18H,3-5,11-14,19H2,1-2H3. The molecule has 1 aliphatic rings. The van der Waals surface area contributed by atoms with Crippen molar-refractivity contribution in [2.45, 2.75) is 64.0 Å². The van der Waals surface area contributed by atoms with Gasteiger partial charge in [-0.25, -0.2) is 0 Å². The van der Waals surface area contributed by atoms with E-state index in [1.54, 1.807) is 0 Å². The van der Waals surface area contributed by atoms with Gasteiger partial charge >= 0.3 is 0 Å². The molecule has 0 saturated heterocycles. The molecule has 2 heteroatoms. The summed E-state index contributed by atoms with van der Waals surface area (Å²) in [7, 11) is 0. The van der Waals surface area contributed by atoms with Crippen LogP contribution in [0.5, 0.6) is 0 Å². The Morgan fingerprint density at radius 1 is 1.15 bits per heavy atom. The largest absolute Gasteiger partial charge is 0.326 e.